The van der Waals surface area contributed by atoms with Crippen LogP contribution in [-0.4, -0.2) is 21.5 Å². The first-order chi connectivity index (χ1) is 13.9. The largest absolute Gasteiger partial charge is 0.471 e. The van der Waals surface area contributed by atoms with Gasteiger partial charge in [0.25, 0.3) is 0 Å². The first-order valence-electron chi connectivity index (χ1n) is 8.43. The van der Waals surface area contributed by atoms with Gasteiger partial charge in [-0.2, -0.15) is 13.9 Å². The van der Waals surface area contributed by atoms with E-state index in [0.717, 1.165) is 10.0 Å². The number of anilines is 2. The summed E-state index contributed by atoms with van der Waals surface area (Å²) in [5.74, 6) is 0.717. The maximum Gasteiger partial charge on any atom is 0.387 e. The number of benzene rings is 2. The van der Waals surface area contributed by atoms with Crippen LogP contribution in [-0.2, 0) is 6.73 Å². The van der Waals surface area contributed by atoms with E-state index in [2.05, 4.69) is 36.4 Å². The van der Waals surface area contributed by atoms with Crippen molar-refractivity contribution < 1.29 is 18.3 Å². The van der Waals surface area contributed by atoms with Crippen molar-refractivity contribution in [1.82, 2.24) is 9.78 Å². The van der Waals surface area contributed by atoms with Gasteiger partial charge < -0.3 is 20.1 Å². The predicted molar refractivity (Wildman–Crippen MR) is 115 cm³/mol. The van der Waals surface area contributed by atoms with E-state index in [-0.39, 0.29) is 17.6 Å². The molecule has 0 bridgehead atoms. The van der Waals surface area contributed by atoms with Gasteiger partial charge in [-0.15, -0.1) is 0 Å². The molecule has 0 radical (unpaired) electrons. The molecule has 0 aliphatic rings. The molecule has 1 heterocycles. The number of aromatic nitrogens is 2. The van der Waals surface area contributed by atoms with E-state index < -0.39 is 6.61 Å². The van der Waals surface area contributed by atoms with Crippen molar-refractivity contribution in [2.75, 3.05) is 10.6 Å². The summed E-state index contributed by atoms with van der Waals surface area (Å²) in [6, 6.07) is 12.2. The average molecular weight is 483 g/mol. The number of halogens is 3. The molecule has 0 saturated heterocycles. The monoisotopic (exact) mass is 482 g/mol. The van der Waals surface area contributed by atoms with Crippen LogP contribution in [0.25, 0.3) is 0 Å². The third-order valence-electron chi connectivity index (χ3n) is 3.67. The molecule has 152 valence electrons. The van der Waals surface area contributed by atoms with Gasteiger partial charge in [-0.05, 0) is 61.1 Å². The summed E-state index contributed by atoms with van der Waals surface area (Å²) in [5.41, 5.74) is 1.83. The molecule has 29 heavy (non-hydrogen) atoms. The van der Waals surface area contributed by atoms with E-state index in [1.54, 1.807) is 29.2 Å². The topological polar surface area (TPSA) is 60.3 Å². The highest BCUT2D eigenvalue weighted by molar-refractivity contribution is 9.10. The minimum atomic E-state index is -2.93. The van der Waals surface area contributed by atoms with Crippen molar-refractivity contribution in [1.29, 1.82) is 0 Å². The van der Waals surface area contributed by atoms with Crippen molar-refractivity contribution in [2.45, 2.75) is 20.3 Å². The molecule has 0 aliphatic heterocycles. The molecule has 0 saturated carbocycles. The molecule has 0 aliphatic carbocycles. The van der Waals surface area contributed by atoms with Gasteiger partial charge in [0.1, 0.15) is 11.5 Å². The molecule has 0 atom stereocenters. The molecular formula is C19H17BrF2N4O2S. The fraction of sp³-hybridized carbons (Fsp3) is 0.158. The van der Waals surface area contributed by atoms with E-state index in [4.69, 9.17) is 17.0 Å². The van der Waals surface area contributed by atoms with Crippen molar-refractivity contribution in [3.8, 4) is 11.5 Å². The van der Waals surface area contributed by atoms with Gasteiger partial charge in [0.05, 0.1) is 23.8 Å². The molecule has 3 aromatic rings. The molecule has 0 spiro atoms. The standard InChI is InChI=1S/C19H17BrF2N4O2S/c1-12-2-7-17(28-18(21)22)16(8-12)25-19(29)24-14-9-23-26(10-14)11-27-15-5-3-13(20)4-6-15/h2-10,18H,11H2,1H3,(H2,24,25,29). The maximum absolute atomic E-state index is 12.6. The summed E-state index contributed by atoms with van der Waals surface area (Å²) < 4.78 is 37.9. The fourth-order valence-corrected chi connectivity index (χ4v) is 2.89. The smallest absolute Gasteiger partial charge is 0.387 e. The number of hydrogen-bond acceptors (Lipinski definition) is 4. The van der Waals surface area contributed by atoms with Gasteiger partial charge >= 0.3 is 6.61 Å². The average Bonchev–Trinajstić information content (AvgIpc) is 3.10. The van der Waals surface area contributed by atoms with Crippen molar-refractivity contribution >= 4 is 44.6 Å². The minimum Gasteiger partial charge on any atom is -0.471 e. The molecule has 2 aromatic carbocycles. The second kappa shape index (κ2) is 9.66. The van der Waals surface area contributed by atoms with Gasteiger partial charge in [0.2, 0.25) is 0 Å². The Morgan fingerprint density at radius 2 is 1.97 bits per heavy atom. The van der Waals surface area contributed by atoms with Crippen molar-refractivity contribution in [2.24, 2.45) is 0 Å². The number of ether oxygens (including phenoxy) is 2. The number of rotatable bonds is 7. The quantitative estimate of drug-likeness (QED) is 0.439. The zero-order valence-electron chi connectivity index (χ0n) is 15.2. The first-order valence-corrected chi connectivity index (χ1v) is 9.63. The van der Waals surface area contributed by atoms with E-state index in [9.17, 15) is 8.78 Å². The van der Waals surface area contributed by atoms with Crippen LogP contribution in [0, 0.1) is 6.92 Å². The summed E-state index contributed by atoms with van der Waals surface area (Å²) in [7, 11) is 0. The highest BCUT2D eigenvalue weighted by Crippen LogP contribution is 2.27. The summed E-state index contributed by atoms with van der Waals surface area (Å²) >= 11 is 8.63. The lowest BCUT2D eigenvalue weighted by atomic mass is 10.2. The number of nitrogens with zero attached hydrogens (tertiary/aromatic N) is 2. The van der Waals surface area contributed by atoms with Crippen LogP contribution in [0.2, 0.25) is 0 Å². The van der Waals surface area contributed by atoms with E-state index in [0.29, 0.717) is 17.1 Å². The molecule has 0 amide bonds. The number of aryl methyl sites for hydroxylation is 1. The molecule has 0 unspecified atom stereocenters. The van der Waals surface area contributed by atoms with Gasteiger partial charge in [0, 0.05) is 4.47 Å². The van der Waals surface area contributed by atoms with Gasteiger partial charge in [0.15, 0.2) is 11.8 Å². The summed E-state index contributed by atoms with van der Waals surface area (Å²) in [6.07, 6.45) is 3.28. The molecule has 2 N–H and O–H groups in total. The molecule has 6 nitrogen and oxygen atoms in total. The summed E-state index contributed by atoms with van der Waals surface area (Å²) in [4.78, 5) is 0. The molecule has 0 fully saturated rings. The normalized spacial score (nSPS) is 10.7. The second-order valence-electron chi connectivity index (χ2n) is 5.95. The van der Waals surface area contributed by atoms with Crippen LogP contribution in [0.1, 0.15) is 5.56 Å². The molecule has 10 heteroatoms. The SMILES string of the molecule is Cc1ccc(OC(F)F)c(NC(=S)Nc2cnn(COc3ccc(Br)cc3)c2)c1. The number of alkyl halides is 2. The minimum absolute atomic E-state index is 0.00772. The third kappa shape index (κ3) is 6.40. The zero-order valence-corrected chi connectivity index (χ0v) is 17.6. The van der Waals surface area contributed by atoms with Crippen LogP contribution in [0.15, 0.2) is 59.3 Å². The van der Waals surface area contributed by atoms with Crippen molar-refractivity contribution in [3.63, 3.8) is 0 Å². The Balaban J connectivity index is 1.57. The van der Waals surface area contributed by atoms with Crippen LogP contribution in [0.3, 0.4) is 0 Å². The Kier molecular flexibility index (Phi) is 6.99. The molecule has 1 aromatic heterocycles. The number of thiocarbonyl (C=S) groups is 1. The van der Waals surface area contributed by atoms with Crippen LogP contribution in [0.5, 0.6) is 11.5 Å². The third-order valence-corrected chi connectivity index (χ3v) is 4.40. The predicted octanol–water partition coefficient (Wildman–Crippen LogP) is 5.40. The molecular weight excluding hydrogens is 466 g/mol. The van der Waals surface area contributed by atoms with E-state index in [1.165, 1.54) is 6.07 Å². The Labute approximate surface area is 179 Å². The molecule has 3 rings (SSSR count). The Morgan fingerprint density at radius 3 is 2.69 bits per heavy atom. The van der Waals surface area contributed by atoms with Gasteiger partial charge in [-0.3, -0.25) is 0 Å². The van der Waals surface area contributed by atoms with Gasteiger partial charge in [-0.25, -0.2) is 4.68 Å². The van der Waals surface area contributed by atoms with Crippen molar-refractivity contribution in [3.05, 3.63) is 64.9 Å². The lowest BCUT2D eigenvalue weighted by molar-refractivity contribution is -0.0493. The van der Waals surface area contributed by atoms with Crippen LogP contribution in [0.4, 0.5) is 20.2 Å². The number of hydrogen-bond donors (Lipinski definition) is 2. The highest BCUT2D eigenvalue weighted by Gasteiger charge is 2.11. The van der Waals surface area contributed by atoms with Crippen LogP contribution < -0.4 is 20.1 Å². The fourth-order valence-electron chi connectivity index (χ4n) is 2.40. The van der Waals surface area contributed by atoms with E-state index in [1.807, 2.05) is 31.2 Å². The Bertz CT molecular complexity index is 983. The first kappa shape index (κ1) is 21.0. The summed E-state index contributed by atoms with van der Waals surface area (Å²) in [5, 5.41) is 10.2. The lowest BCUT2D eigenvalue weighted by Crippen LogP contribution is -2.20. The lowest BCUT2D eigenvalue weighted by Gasteiger charge is -2.14. The van der Waals surface area contributed by atoms with Crippen LogP contribution >= 0.6 is 28.1 Å². The second-order valence-corrected chi connectivity index (χ2v) is 7.28. The Morgan fingerprint density at radius 1 is 1.21 bits per heavy atom. The highest BCUT2D eigenvalue weighted by atomic mass is 79.9. The zero-order chi connectivity index (χ0) is 20.8. The maximum atomic E-state index is 12.6. The van der Waals surface area contributed by atoms with Gasteiger partial charge in [-0.1, -0.05) is 22.0 Å². The number of nitrogens with one attached hydrogen (secondary N) is 2. The van der Waals surface area contributed by atoms with E-state index >= 15 is 0 Å². The Hall–Kier alpha value is -2.72. The summed E-state index contributed by atoms with van der Waals surface area (Å²) in [6.45, 7) is -0.874.